The summed E-state index contributed by atoms with van der Waals surface area (Å²) in [5.41, 5.74) is 0.121. The Bertz CT molecular complexity index is 719. The lowest BCUT2D eigenvalue weighted by Gasteiger charge is -2.04. The van der Waals surface area contributed by atoms with E-state index in [1.165, 1.54) is 18.2 Å². The Morgan fingerprint density at radius 2 is 2.00 bits per heavy atom. The number of nitrogens with one attached hydrogen (secondary N) is 2. The number of carbonyl (C=O) groups is 2. The molecule has 102 valence electrons. The van der Waals surface area contributed by atoms with Gasteiger partial charge in [-0.25, -0.2) is 9.78 Å². The number of carbonyl (C=O) groups excluding carboxylic acids is 1. The summed E-state index contributed by atoms with van der Waals surface area (Å²) in [4.78, 5) is 40.4. The minimum atomic E-state index is -1.11. The molecule has 0 saturated heterocycles. The predicted molar refractivity (Wildman–Crippen MR) is 70.9 cm³/mol. The van der Waals surface area contributed by atoms with Crippen molar-refractivity contribution in [3.8, 4) is 0 Å². The fourth-order valence-corrected chi connectivity index (χ4v) is 1.53. The Morgan fingerprint density at radius 1 is 1.25 bits per heavy atom. The first-order chi connectivity index (χ1) is 9.47. The number of amides is 1. The van der Waals surface area contributed by atoms with Crippen molar-refractivity contribution < 1.29 is 14.7 Å². The maximum atomic E-state index is 11.9. The van der Waals surface area contributed by atoms with Crippen LogP contribution in [-0.4, -0.2) is 27.0 Å². The van der Waals surface area contributed by atoms with Crippen LogP contribution in [0.3, 0.4) is 0 Å². The van der Waals surface area contributed by atoms with Gasteiger partial charge in [-0.2, -0.15) is 0 Å². The number of H-pyrrole nitrogens is 1. The molecule has 3 N–H and O–H groups in total. The van der Waals surface area contributed by atoms with Crippen molar-refractivity contribution in [2.45, 2.75) is 6.92 Å². The number of aryl methyl sites for hydroxylation is 1. The minimum Gasteiger partial charge on any atom is -0.478 e. The number of anilines is 1. The molecular weight excluding hydrogens is 262 g/mol. The van der Waals surface area contributed by atoms with E-state index >= 15 is 0 Å². The molecule has 2 aromatic rings. The molecule has 0 saturated carbocycles. The van der Waals surface area contributed by atoms with Crippen LogP contribution in [0.25, 0.3) is 0 Å². The van der Waals surface area contributed by atoms with Crippen molar-refractivity contribution in [2.24, 2.45) is 0 Å². The van der Waals surface area contributed by atoms with E-state index in [4.69, 9.17) is 5.11 Å². The summed E-state index contributed by atoms with van der Waals surface area (Å²) in [5, 5.41) is 11.1. The van der Waals surface area contributed by atoms with E-state index in [0.717, 1.165) is 6.20 Å². The molecule has 2 aromatic heterocycles. The fraction of sp³-hybridized carbons (Fsp3) is 0.0769. The van der Waals surface area contributed by atoms with Crippen molar-refractivity contribution in [3.05, 3.63) is 57.6 Å². The zero-order valence-corrected chi connectivity index (χ0v) is 10.5. The van der Waals surface area contributed by atoms with Crippen LogP contribution in [0, 0.1) is 6.92 Å². The highest BCUT2D eigenvalue weighted by molar-refractivity contribution is 6.03. The first-order valence-corrected chi connectivity index (χ1v) is 5.68. The average molecular weight is 273 g/mol. The predicted octanol–water partition coefficient (Wildman–Crippen LogP) is 1.03. The Hall–Kier alpha value is -2.96. The molecule has 0 unspecified atom stereocenters. The van der Waals surface area contributed by atoms with Gasteiger partial charge in [0.15, 0.2) is 0 Å². The third kappa shape index (κ3) is 2.89. The van der Waals surface area contributed by atoms with Gasteiger partial charge in [-0.15, -0.1) is 0 Å². The normalized spacial score (nSPS) is 10.1. The van der Waals surface area contributed by atoms with Gasteiger partial charge in [-0.3, -0.25) is 9.59 Å². The van der Waals surface area contributed by atoms with Gasteiger partial charge >= 0.3 is 5.97 Å². The van der Waals surface area contributed by atoms with Crippen LogP contribution in [0.4, 0.5) is 5.82 Å². The lowest BCUT2D eigenvalue weighted by molar-refractivity contribution is 0.0696. The zero-order valence-electron chi connectivity index (χ0n) is 10.5. The van der Waals surface area contributed by atoms with E-state index in [1.54, 1.807) is 13.0 Å². The molecule has 0 aliphatic heterocycles. The topological polar surface area (TPSA) is 112 Å². The highest BCUT2D eigenvalue weighted by atomic mass is 16.4. The molecule has 0 fully saturated rings. The van der Waals surface area contributed by atoms with Gasteiger partial charge in [0.1, 0.15) is 11.4 Å². The van der Waals surface area contributed by atoms with Crippen LogP contribution in [0.1, 0.15) is 26.4 Å². The molecule has 2 heterocycles. The van der Waals surface area contributed by atoms with E-state index in [9.17, 15) is 14.4 Å². The zero-order chi connectivity index (χ0) is 14.7. The average Bonchev–Trinajstić information content (AvgIpc) is 2.39. The number of rotatable bonds is 3. The molecule has 0 bridgehead atoms. The second-order valence-electron chi connectivity index (χ2n) is 4.08. The monoisotopic (exact) mass is 273 g/mol. The second-order valence-corrected chi connectivity index (χ2v) is 4.08. The minimum absolute atomic E-state index is 0.0104. The van der Waals surface area contributed by atoms with Gasteiger partial charge in [0.05, 0.1) is 5.56 Å². The highest BCUT2D eigenvalue weighted by Crippen LogP contribution is 2.06. The van der Waals surface area contributed by atoms with Crippen molar-refractivity contribution in [2.75, 3.05) is 5.32 Å². The van der Waals surface area contributed by atoms with Gasteiger partial charge in [0.2, 0.25) is 0 Å². The molecule has 0 spiro atoms. The number of nitrogens with zero attached hydrogens (tertiary/aromatic N) is 1. The van der Waals surface area contributed by atoms with Crippen molar-refractivity contribution in [1.29, 1.82) is 0 Å². The number of hydrogen-bond acceptors (Lipinski definition) is 4. The maximum absolute atomic E-state index is 11.9. The Morgan fingerprint density at radius 3 is 2.55 bits per heavy atom. The van der Waals surface area contributed by atoms with Crippen molar-refractivity contribution in [1.82, 2.24) is 9.97 Å². The standard InChI is InChI=1S/C13H11N3O4/c1-7-2-4-9(11(17)15-7)12(18)16-10-5-3-8(6-14-10)13(19)20/h2-6H,1H3,(H,15,17)(H,19,20)(H,14,16,18). The van der Waals surface area contributed by atoms with E-state index in [0.29, 0.717) is 5.69 Å². The lowest BCUT2D eigenvalue weighted by atomic mass is 10.2. The largest absolute Gasteiger partial charge is 0.478 e. The van der Waals surface area contributed by atoms with Crippen molar-refractivity contribution >= 4 is 17.7 Å². The van der Waals surface area contributed by atoms with Gasteiger partial charge in [-0.1, -0.05) is 0 Å². The van der Waals surface area contributed by atoms with Crippen LogP contribution in [0.2, 0.25) is 0 Å². The Labute approximate surface area is 113 Å². The Balaban J connectivity index is 2.19. The molecule has 0 aliphatic carbocycles. The SMILES string of the molecule is Cc1ccc(C(=O)Nc2ccc(C(=O)O)cn2)c(=O)[nH]1. The van der Waals surface area contributed by atoms with Crippen LogP contribution < -0.4 is 10.9 Å². The number of carboxylic acids is 1. The summed E-state index contributed by atoms with van der Waals surface area (Å²) in [5.74, 6) is -1.55. The highest BCUT2D eigenvalue weighted by Gasteiger charge is 2.11. The van der Waals surface area contributed by atoms with E-state index in [-0.39, 0.29) is 16.9 Å². The van der Waals surface area contributed by atoms with E-state index < -0.39 is 17.4 Å². The smallest absolute Gasteiger partial charge is 0.337 e. The molecule has 0 atom stereocenters. The van der Waals surface area contributed by atoms with Crippen LogP contribution >= 0.6 is 0 Å². The number of hydrogen-bond donors (Lipinski definition) is 3. The van der Waals surface area contributed by atoms with E-state index in [2.05, 4.69) is 15.3 Å². The third-order valence-corrected chi connectivity index (χ3v) is 2.55. The summed E-state index contributed by atoms with van der Waals surface area (Å²) >= 11 is 0. The molecular formula is C13H11N3O4. The molecule has 0 aliphatic rings. The molecule has 7 heteroatoms. The summed E-state index contributed by atoms with van der Waals surface area (Å²) in [6.07, 6.45) is 1.12. The van der Waals surface area contributed by atoms with Gasteiger partial charge in [-0.05, 0) is 31.2 Å². The number of aromatic carboxylic acids is 1. The first kappa shape index (κ1) is 13.5. The van der Waals surface area contributed by atoms with E-state index in [1.807, 2.05) is 0 Å². The molecule has 20 heavy (non-hydrogen) atoms. The van der Waals surface area contributed by atoms with Gasteiger partial charge < -0.3 is 15.4 Å². The number of aromatic amines is 1. The molecule has 7 nitrogen and oxygen atoms in total. The Kier molecular flexibility index (Phi) is 3.60. The molecule has 1 amide bonds. The maximum Gasteiger partial charge on any atom is 0.337 e. The summed E-state index contributed by atoms with van der Waals surface area (Å²) < 4.78 is 0. The van der Waals surface area contributed by atoms with Gasteiger partial charge in [0, 0.05) is 11.9 Å². The molecule has 2 rings (SSSR count). The summed E-state index contributed by atoms with van der Waals surface area (Å²) in [7, 11) is 0. The van der Waals surface area contributed by atoms with Gasteiger partial charge in [0.25, 0.3) is 11.5 Å². The summed E-state index contributed by atoms with van der Waals surface area (Å²) in [6, 6.07) is 5.68. The quantitative estimate of drug-likeness (QED) is 0.773. The summed E-state index contributed by atoms with van der Waals surface area (Å²) in [6.45, 7) is 1.70. The van der Waals surface area contributed by atoms with Crippen LogP contribution in [0.5, 0.6) is 0 Å². The fourth-order valence-electron chi connectivity index (χ4n) is 1.53. The number of pyridine rings is 2. The number of carboxylic acid groups (broad SMARTS) is 1. The van der Waals surface area contributed by atoms with Crippen LogP contribution in [-0.2, 0) is 0 Å². The molecule has 0 radical (unpaired) electrons. The second kappa shape index (κ2) is 5.35. The lowest BCUT2D eigenvalue weighted by Crippen LogP contribution is -2.23. The van der Waals surface area contributed by atoms with Crippen LogP contribution in [0.15, 0.2) is 35.3 Å². The van der Waals surface area contributed by atoms with Crippen molar-refractivity contribution in [3.63, 3.8) is 0 Å². The number of aromatic nitrogens is 2. The third-order valence-electron chi connectivity index (χ3n) is 2.55. The first-order valence-electron chi connectivity index (χ1n) is 5.68. The molecule has 0 aromatic carbocycles.